The Morgan fingerprint density at radius 3 is 2.68 bits per heavy atom. The molecule has 8 nitrogen and oxygen atoms in total. The zero-order valence-electron chi connectivity index (χ0n) is 22.1. The molecule has 2 aromatic rings. The van der Waals surface area contributed by atoms with Crippen molar-refractivity contribution in [1.29, 1.82) is 0 Å². The van der Waals surface area contributed by atoms with Gasteiger partial charge < -0.3 is 29.9 Å². The van der Waals surface area contributed by atoms with Crippen molar-refractivity contribution in [3.8, 4) is 11.1 Å². The number of nitrogens with one attached hydrogen (secondary N) is 2. The number of likely N-dealkylation sites (tertiary alicyclic amines) is 1. The fraction of sp³-hybridized carbons (Fsp3) is 0.556. The maximum Gasteiger partial charge on any atom is 0.389 e. The molecule has 2 N–H and O–H groups in total. The summed E-state index contributed by atoms with van der Waals surface area (Å²) in [7, 11) is 1.66. The summed E-state index contributed by atoms with van der Waals surface area (Å²) in [5.74, 6) is 0.992. The van der Waals surface area contributed by atoms with Crippen LogP contribution in [0.25, 0.3) is 11.1 Å². The SMILES string of the molecule is COC[C@@H](C)Nc1cc(-c2cc(NC(=O)N3CCC(CC(F)(F)F)C3)ccc2C)cc(N2CCOCC2)n1. The lowest BCUT2D eigenvalue weighted by atomic mass is 10.00. The Kier molecular flexibility index (Phi) is 8.99. The molecule has 0 radical (unpaired) electrons. The molecule has 2 fully saturated rings. The van der Waals surface area contributed by atoms with E-state index in [1.807, 2.05) is 44.2 Å². The summed E-state index contributed by atoms with van der Waals surface area (Å²) in [6.07, 6.45) is -4.73. The standard InChI is InChI=1S/C27H36F3N5O3/c1-18-4-5-22(32-26(36)35-7-6-20(16-35)15-27(28,29)30)14-23(18)21-12-24(31-19(2)17-37-3)33-25(13-21)34-8-10-38-11-9-34/h4-5,12-14,19-20H,6-11,15-17H2,1-3H3,(H,31,33)(H,32,36)/t19-,20?/m1/s1. The topological polar surface area (TPSA) is 79.0 Å². The first-order chi connectivity index (χ1) is 18.1. The van der Waals surface area contributed by atoms with Gasteiger partial charge in [0.15, 0.2) is 0 Å². The molecule has 2 amide bonds. The average Bonchev–Trinajstić information content (AvgIpc) is 3.32. The molecule has 38 heavy (non-hydrogen) atoms. The predicted molar refractivity (Wildman–Crippen MR) is 142 cm³/mol. The highest BCUT2D eigenvalue weighted by Gasteiger charge is 2.36. The van der Waals surface area contributed by atoms with E-state index in [1.165, 1.54) is 4.90 Å². The number of carbonyl (C=O) groups is 1. The van der Waals surface area contributed by atoms with Gasteiger partial charge in [-0.15, -0.1) is 0 Å². The Bertz CT molecular complexity index is 1110. The summed E-state index contributed by atoms with van der Waals surface area (Å²) in [5, 5.41) is 6.28. The minimum absolute atomic E-state index is 0.0497. The predicted octanol–water partition coefficient (Wildman–Crippen LogP) is 5.15. The number of rotatable bonds is 8. The van der Waals surface area contributed by atoms with E-state index in [4.69, 9.17) is 14.5 Å². The molecule has 0 aliphatic carbocycles. The quantitative estimate of drug-likeness (QED) is 0.487. The molecular weight excluding hydrogens is 499 g/mol. The summed E-state index contributed by atoms with van der Waals surface area (Å²) in [5.41, 5.74) is 3.47. The van der Waals surface area contributed by atoms with Crippen molar-refractivity contribution in [2.24, 2.45) is 5.92 Å². The number of urea groups is 1. The van der Waals surface area contributed by atoms with E-state index in [2.05, 4.69) is 15.5 Å². The van der Waals surface area contributed by atoms with Crippen LogP contribution in [0, 0.1) is 12.8 Å². The van der Waals surface area contributed by atoms with Crippen molar-refractivity contribution >= 4 is 23.4 Å². The second-order valence-corrected chi connectivity index (χ2v) is 10.1. The Morgan fingerprint density at radius 2 is 1.97 bits per heavy atom. The van der Waals surface area contributed by atoms with E-state index in [0.717, 1.165) is 41.4 Å². The monoisotopic (exact) mass is 535 g/mol. The number of pyridine rings is 1. The molecule has 2 aliphatic heterocycles. The van der Waals surface area contributed by atoms with Crippen LogP contribution in [0.2, 0.25) is 0 Å². The number of anilines is 3. The summed E-state index contributed by atoms with van der Waals surface area (Å²) < 4.78 is 49.1. The van der Waals surface area contributed by atoms with Crippen molar-refractivity contribution in [3.63, 3.8) is 0 Å². The lowest BCUT2D eigenvalue weighted by Gasteiger charge is -2.29. The van der Waals surface area contributed by atoms with Crippen LogP contribution in [0.3, 0.4) is 0 Å². The highest BCUT2D eigenvalue weighted by atomic mass is 19.4. The van der Waals surface area contributed by atoms with E-state index in [9.17, 15) is 18.0 Å². The van der Waals surface area contributed by atoms with Crippen molar-refractivity contribution in [2.75, 3.05) is 68.6 Å². The first kappa shape index (κ1) is 28.0. The number of carbonyl (C=O) groups excluding carboxylic acids is 1. The van der Waals surface area contributed by atoms with E-state index in [-0.39, 0.29) is 18.6 Å². The molecule has 1 unspecified atom stereocenters. The summed E-state index contributed by atoms with van der Waals surface area (Å²) in [6.45, 7) is 7.71. The van der Waals surface area contributed by atoms with E-state index in [1.54, 1.807) is 7.11 Å². The zero-order chi connectivity index (χ0) is 27.3. The molecule has 11 heteroatoms. The Balaban J connectivity index is 1.55. The van der Waals surface area contributed by atoms with Crippen LogP contribution in [0.5, 0.6) is 0 Å². The van der Waals surface area contributed by atoms with Gasteiger partial charge in [-0.3, -0.25) is 0 Å². The van der Waals surface area contributed by atoms with Gasteiger partial charge in [-0.2, -0.15) is 13.2 Å². The first-order valence-electron chi connectivity index (χ1n) is 12.9. The Labute approximate surface area is 221 Å². The zero-order valence-corrected chi connectivity index (χ0v) is 22.1. The lowest BCUT2D eigenvalue weighted by Crippen LogP contribution is -2.37. The van der Waals surface area contributed by atoms with Gasteiger partial charge in [-0.25, -0.2) is 9.78 Å². The highest BCUT2D eigenvalue weighted by molar-refractivity contribution is 5.91. The third kappa shape index (κ3) is 7.50. The van der Waals surface area contributed by atoms with Crippen LogP contribution in [-0.2, 0) is 9.47 Å². The van der Waals surface area contributed by atoms with E-state index < -0.39 is 18.5 Å². The van der Waals surface area contributed by atoms with Crippen LogP contribution >= 0.6 is 0 Å². The normalized spacial score (nSPS) is 18.9. The number of aryl methyl sites for hydroxylation is 1. The summed E-state index contributed by atoms with van der Waals surface area (Å²) in [6, 6.07) is 9.32. The second-order valence-electron chi connectivity index (χ2n) is 10.1. The van der Waals surface area contributed by atoms with Crippen molar-refractivity contribution < 1.29 is 27.4 Å². The first-order valence-corrected chi connectivity index (χ1v) is 12.9. The van der Waals surface area contributed by atoms with Gasteiger partial charge in [0.2, 0.25) is 0 Å². The maximum atomic E-state index is 12.8. The molecule has 2 atom stereocenters. The molecule has 0 saturated carbocycles. The number of hydrogen-bond donors (Lipinski definition) is 2. The second kappa shape index (κ2) is 12.2. The fourth-order valence-electron chi connectivity index (χ4n) is 4.97. The molecule has 4 rings (SSSR count). The number of benzene rings is 1. The Morgan fingerprint density at radius 1 is 1.21 bits per heavy atom. The van der Waals surface area contributed by atoms with Gasteiger partial charge >= 0.3 is 12.2 Å². The number of hydrogen-bond acceptors (Lipinski definition) is 6. The number of amides is 2. The molecule has 3 heterocycles. The lowest BCUT2D eigenvalue weighted by molar-refractivity contribution is -0.143. The molecular formula is C27H36F3N5O3. The number of nitrogens with zero attached hydrogens (tertiary/aromatic N) is 3. The van der Waals surface area contributed by atoms with E-state index >= 15 is 0 Å². The van der Waals surface area contributed by atoms with Crippen LogP contribution in [0.4, 0.5) is 35.3 Å². The van der Waals surface area contributed by atoms with Crippen molar-refractivity contribution in [2.45, 2.75) is 38.9 Å². The fourth-order valence-corrected chi connectivity index (χ4v) is 4.97. The van der Waals surface area contributed by atoms with Crippen LogP contribution in [0.1, 0.15) is 25.3 Å². The number of methoxy groups -OCH3 is 1. The summed E-state index contributed by atoms with van der Waals surface area (Å²) in [4.78, 5) is 21.3. The van der Waals surface area contributed by atoms with Gasteiger partial charge in [0.05, 0.1) is 19.8 Å². The number of alkyl halides is 3. The van der Waals surface area contributed by atoms with Crippen LogP contribution in [-0.4, -0.2) is 81.2 Å². The van der Waals surface area contributed by atoms with Gasteiger partial charge in [0.1, 0.15) is 11.6 Å². The largest absolute Gasteiger partial charge is 0.389 e. The molecule has 1 aromatic heterocycles. The van der Waals surface area contributed by atoms with Crippen molar-refractivity contribution in [3.05, 3.63) is 35.9 Å². The van der Waals surface area contributed by atoms with Crippen LogP contribution < -0.4 is 15.5 Å². The third-order valence-corrected chi connectivity index (χ3v) is 6.85. The average molecular weight is 536 g/mol. The highest BCUT2D eigenvalue weighted by Crippen LogP contribution is 2.33. The van der Waals surface area contributed by atoms with Crippen LogP contribution in [0.15, 0.2) is 30.3 Å². The third-order valence-electron chi connectivity index (χ3n) is 6.85. The van der Waals surface area contributed by atoms with Gasteiger partial charge in [-0.05, 0) is 67.1 Å². The molecule has 2 saturated heterocycles. The van der Waals surface area contributed by atoms with Gasteiger partial charge in [0, 0.05) is 51.4 Å². The Hall–Kier alpha value is -3.05. The number of aromatic nitrogens is 1. The minimum atomic E-state index is -4.22. The number of halogens is 3. The van der Waals surface area contributed by atoms with E-state index in [0.29, 0.717) is 38.5 Å². The minimum Gasteiger partial charge on any atom is -0.383 e. The molecule has 2 aliphatic rings. The molecule has 1 aromatic carbocycles. The smallest absolute Gasteiger partial charge is 0.383 e. The molecule has 208 valence electrons. The van der Waals surface area contributed by atoms with Gasteiger partial charge in [0.25, 0.3) is 0 Å². The molecule has 0 bridgehead atoms. The summed E-state index contributed by atoms with van der Waals surface area (Å²) >= 11 is 0. The number of morpholine rings is 1. The van der Waals surface area contributed by atoms with Crippen molar-refractivity contribution in [1.82, 2.24) is 9.88 Å². The molecule has 0 spiro atoms. The number of ether oxygens (including phenoxy) is 2. The van der Waals surface area contributed by atoms with Gasteiger partial charge in [-0.1, -0.05) is 6.07 Å². The maximum absolute atomic E-state index is 12.8.